The Morgan fingerprint density at radius 2 is 2.04 bits per heavy atom. The Bertz CT molecular complexity index is 1040. The smallest absolute Gasteiger partial charge is 0.295 e. The van der Waals surface area contributed by atoms with Crippen LogP contribution in [0.3, 0.4) is 0 Å². The highest BCUT2D eigenvalue weighted by Crippen LogP contribution is 2.53. The first-order chi connectivity index (χ1) is 12.1. The summed E-state index contributed by atoms with van der Waals surface area (Å²) in [5.74, 6) is 0.386. The molecule has 128 valence electrons. The molecule has 1 aliphatic carbocycles. The fraction of sp³-hybridized carbons (Fsp3) is 0.353. The van der Waals surface area contributed by atoms with Crippen LogP contribution in [-0.4, -0.2) is 32.8 Å². The van der Waals surface area contributed by atoms with Gasteiger partial charge in [-0.05, 0) is 6.07 Å². The average Bonchev–Trinajstić information content (AvgIpc) is 2.93. The Morgan fingerprint density at radius 3 is 2.80 bits per heavy atom. The van der Waals surface area contributed by atoms with E-state index in [1.807, 2.05) is 0 Å². The Balaban J connectivity index is 1.56. The maximum Gasteiger partial charge on any atom is 0.295 e. The third kappa shape index (κ3) is 2.22. The lowest BCUT2D eigenvalue weighted by Crippen LogP contribution is -2.24. The summed E-state index contributed by atoms with van der Waals surface area (Å²) in [6.45, 7) is 1.50. The van der Waals surface area contributed by atoms with E-state index in [1.54, 1.807) is 24.4 Å². The van der Waals surface area contributed by atoms with Gasteiger partial charge in [-0.2, -0.15) is 10.2 Å². The van der Waals surface area contributed by atoms with Crippen LogP contribution in [0.5, 0.6) is 0 Å². The van der Waals surface area contributed by atoms with E-state index in [0.717, 1.165) is 0 Å². The van der Waals surface area contributed by atoms with Gasteiger partial charge in [-0.3, -0.25) is 4.79 Å². The number of aromatic nitrogens is 4. The topological polar surface area (TPSA) is 61.9 Å². The number of nitrogens with zero attached hydrogens (tertiary/aromatic N) is 4. The van der Waals surface area contributed by atoms with E-state index >= 15 is 0 Å². The predicted octanol–water partition coefficient (Wildman–Crippen LogP) is 2.25. The zero-order valence-corrected chi connectivity index (χ0v) is 13.9. The van der Waals surface area contributed by atoms with E-state index in [2.05, 4.69) is 10.2 Å². The minimum Gasteiger partial charge on any atom is -0.381 e. The number of ether oxygens (including phenoxy) is 1. The van der Waals surface area contributed by atoms with E-state index in [-0.39, 0.29) is 34.6 Å². The fourth-order valence-corrected chi connectivity index (χ4v) is 3.92. The first-order valence-corrected chi connectivity index (χ1v) is 8.48. The van der Waals surface area contributed by atoms with Crippen LogP contribution in [0.1, 0.15) is 11.6 Å². The molecule has 5 rings (SSSR count). The fourth-order valence-electron chi connectivity index (χ4n) is 3.69. The summed E-state index contributed by atoms with van der Waals surface area (Å²) < 4.78 is 22.2. The monoisotopic (exact) mass is 360 g/mol. The minimum atomic E-state index is -0.334. The lowest BCUT2D eigenvalue weighted by molar-refractivity contribution is 0.149. The zero-order chi connectivity index (χ0) is 17.1. The second kappa shape index (κ2) is 5.37. The molecule has 25 heavy (non-hydrogen) atoms. The van der Waals surface area contributed by atoms with Crippen LogP contribution in [0.4, 0.5) is 4.39 Å². The molecule has 1 saturated carbocycles. The standard InChI is InChI=1S/C17H14ClFN4O2/c18-16-10-5-20-23(15-11-7-25-8-12(11)15)17(24)14(10)21-22(16)6-9-3-1-2-4-13(9)19/h1-5,11-12,15H,6-8H2/t11-,12+,15-. The number of hydrogen-bond acceptors (Lipinski definition) is 4. The van der Waals surface area contributed by atoms with Crippen LogP contribution in [0.25, 0.3) is 10.9 Å². The van der Waals surface area contributed by atoms with Crippen molar-refractivity contribution in [2.24, 2.45) is 11.8 Å². The van der Waals surface area contributed by atoms with Crippen molar-refractivity contribution in [3.8, 4) is 0 Å². The third-order valence-corrected chi connectivity index (χ3v) is 5.51. The Morgan fingerprint density at radius 1 is 1.28 bits per heavy atom. The average molecular weight is 361 g/mol. The first-order valence-electron chi connectivity index (χ1n) is 8.10. The molecule has 1 saturated heterocycles. The maximum absolute atomic E-state index is 13.9. The number of benzene rings is 1. The van der Waals surface area contributed by atoms with Crippen LogP contribution >= 0.6 is 11.6 Å². The normalized spacial score (nSPS) is 24.6. The van der Waals surface area contributed by atoms with Crippen molar-refractivity contribution in [2.75, 3.05) is 13.2 Å². The molecule has 2 fully saturated rings. The number of halogens is 2. The van der Waals surface area contributed by atoms with Gasteiger partial charge in [-0.25, -0.2) is 13.8 Å². The number of hydrogen-bond donors (Lipinski definition) is 0. The number of rotatable bonds is 3. The van der Waals surface area contributed by atoms with Crippen LogP contribution in [0.2, 0.25) is 5.15 Å². The van der Waals surface area contributed by atoms with Gasteiger partial charge in [0.05, 0.1) is 37.4 Å². The molecule has 6 nitrogen and oxygen atoms in total. The lowest BCUT2D eigenvalue weighted by atomic mass is 10.2. The van der Waals surface area contributed by atoms with Gasteiger partial charge in [0.25, 0.3) is 5.56 Å². The van der Waals surface area contributed by atoms with Gasteiger partial charge >= 0.3 is 0 Å². The molecule has 3 heterocycles. The Labute approximate surface area is 146 Å². The molecule has 0 radical (unpaired) electrons. The molecule has 0 unspecified atom stereocenters. The highest BCUT2D eigenvalue weighted by molar-refractivity contribution is 6.34. The molecule has 3 aromatic rings. The van der Waals surface area contributed by atoms with Crippen LogP contribution in [-0.2, 0) is 11.3 Å². The van der Waals surface area contributed by atoms with Gasteiger partial charge in [0.1, 0.15) is 11.0 Å². The van der Waals surface area contributed by atoms with E-state index in [0.29, 0.717) is 36.0 Å². The number of fused-ring (bicyclic) bond motifs is 2. The predicted molar refractivity (Wildman–Crippen MR) is 89.1 cm³/mol. The largest absolute Gasteiger partial charge is 0.381 e. The van der Waals surface area contributed by atoms with Crippen molar-refractivity contribution in [3.05, 3.63) is 57.3 Å². The first kappa shape index (κ1) is 15.0. The van der Waals surface area contributed by atoms with Crippen molar-refractivity contribution < 1.29 is 9.13 Å². The molecule has 3 atom stereocenters. The SMILES string of the molecule is O=c1c2nn(Cc3ccccc3F)c(Cl)c2cnn1[C@@H]1[C@@H]2COC[C@@H]21. The molecule has 2 aromatic heterocycles. The van der Waals surface area contributed by atoms with Crippen LogP contribution < -0.4 is 5.56 Å². The highest BCUT2D eigenvalue weighted by Gasteiger charge is 2.56. The molecule has 8 heteroatoms. The van der Waals surface area contributed by atoms with E-state index in [9.17, 15) is 9.18 Å². The minimum absolute atomic E-state index is 0.0844. The van der Waals surface area contributed by atoms with Gasteiger partial charge in [0.15, 0.2) is 5.52 Å². The van der Waals surface area contributed by atoms with Crippen molar-refractivity contribution in [2.45, 2.75) is 12.6 Å². The van der Waals surface area contributed by atoms with Gasteiger partial charge < -0.3 is 4.74 Å². The molecule has 1 aromatic carbocycles. The summed E-state index contributed by atoms with van der Waals surface area (Å²) in [7, 11) is 0. The summed E-state index contributed by atoms with van der Waals surface area (Å²) in [5.41, 5.74) is 0.465. The molecule has 1 aliphatic heterocycles. The summed E-state index contributed by atoms with van der Waals surface area (Å²) in [6, 6.07) is 6.51. The van der Waals surface area contributed by atoms with E-state index in [4.69, 9.17) is 16.3 Å². The highest BCUT2D eigenvalue weighted by atomic mass is 35.5. The second-order valence-corrected chi connectivity index (χ2v) is 6.91. The quantitative estimate of drug-likeness (QED) is 0.718. The van der Waals surface area contributed by atoms with Gasteiger partial charge in [-0.1, -0.05) is 29.8 Å². The summed E-state index contributed by atoms with van der Waals surface area (Å²) >= 11 is 6.34. The molecule has 0 N–H and O–H groups in total. The maximum atomic E-state index is 13.9. The molecule has 2 aliphatic rings. The molecule has 0 bridgehead atoms. The zero-order valence-electron chi connectivity index (χ0n) is 13.1. The van der Waals surface area contributed by atoms with Gasteiger partial charge in [-0.15, -0.1) is 0 Å². The molecular formula is C17H14ClFN4O2. The second-order valence-electron chi connectivity index (χ2n) is 6.55. The molecule has 0 spiro atoms. The van der Waals surface area contributed by atoms with Crippen molar-refractivity contribution in [3.63, 3.8) is 0 Å². The summed E-state index contributed by atoms with van der Waals surface area (Å²) in [4.78, 5) is 12.8. The van der Waals surface area contributed by atoms with E-state index in [1.165, 1.54) is 15.4 Å². The van der Waals surface area contributed by atoms with Crippen LogP contribution in [0, 0.1) is 17.7 Å². The molecular weight excluding hydrogens is 347 g/mol. The molecule has 0 amide bonds. The van der Waals surface area contributed by atoms with Crippen molar-refractivity contribution in [1.82, 2.24) is 19.6 Å². The van der Waals surface area contributed by atoms with Crippen molar-refractivity contribution in [1.29, 1.82) is 0 Å². The van der Waals surface area contributed by atoms with Crippen LogP contribution in [0.15, 0.2) is 35.3 Å². The summed E-state index contributed by atoms with van der Waals surface area (Å²) in [6.07, 6.45) is 1.57. The summed E-state index contributed by atoms with van der Waals surface area (Å²) in [5, 5.41) is 9.39. The van der Waals surface area contributed by atoms with Gasteiger partial charge in [0.2, 0.25) is 0 Å². The van der Waals surface area contributed by atoms with E-state index < -0.39 is 0 Å². The van der Waals surface area contributed by atoms with Gasteiger partial charge in [0, 0.05) is 17.4 Å². The Kier molecular flexibility index (Phi) is 3.23. The third-order valence-electron chi connectivity index (χ3n) is 5.11. The van der Waals surface area contributed by atoms with Crippen molar-refractivity contribution >= 4 is 22.5 Å². The Hall–Kier alpha value is -2.25. The lowest BCUT2D eigenvalue weighted by Gasteiger charge is -2.06.